The number of rotatable bonds is 7. The highest BCUT2D eigenvalue weighted by atomic mass is 35.5. The van der Waals surface area contributed by atoms with Crippen molar-refractivity contribution in [1.29, 1.82) is 0 Å². The van der Waals surface area contributed by atoms with Crippen LogP contribution in [-0.2, 0) is 16.6 Å². The van der Waals surface area contributed by atoms with Crippen LogP contribution in [0.15, 0.2) is 78.9 Å². The Morgan fingerprint density at radius 2 is 1.67 bits per heavy atom. The summed E-state index contributed by atoms with van der Waals surface area (Å²) in [5, 5.41) is 3.43. The third-order valence-electron chi connectivity index (χ3n) is 4.69. The normalized spacial score (nSPS) is 12.2. The topological polar surface area (TPSA) is 66.5 Å². The molecule has 1 atom stereocenters. The van der Waals surface area contributed by atoms with Crippen molar-refractivity contribution in [3.05, 3.63) is 101 Å². The summed E-state index contributed by atoms with van der Waals surface area (Å²) in [6.07, 6.45) is 1.15. The lowest BCUT2D eigenvalue weighted by Gasteiger charge is -2.23. The summed E-state index contributed by atoms with van der Waals surface area (Å²) < 4.78 is 25.9. The van der Waals surface area contributed by atoms with E-state index in [9.17, 15) is 13.2 Å². The average Bonchev–Trinajstić information content (AvgIpc) is 2.72. The number of sulfonamides is 1. The first-order valence-corrected chi connectivity index (χ1v) is 11.6. The first kappa shape index (κ1) is 21.9. The van der Waals surface area contributed by atoms with Crippen molar-refractivity contribution in [3.63, 3.8) is 0 Å². The van der Waals surface area contributed by atoms with Gasteiger partial charge >= 0.3 is 0 Å². The van der Waals surface area contributed by atoms with Crippen LogP contribution in [0.4, 0.5) is 5.69 Å². The predicted octanol–water partition coefficient (Wildman–Crippen LogP) is 4.80. The maximum Gasteiger partial charge on any atom is 0.251 e. The van der Waals surface area contributed by atoms with E-state index in [0.29, 0.717) is 16.3 Å². The summed E-state index contributed by atoms with van der Waals surface area (Å²) >= 11 is 6.02. The Balaban J connectivity index is 1.73. The highest BCUT2D eigenvalue weighted by molar-refractivity contribution is 7.92. The first-order chi connectivity index (χ1) is 14.2. The summed E-state index contributed by atoms with van der Waals surface area (Å²) in [6, 6.07) is 23.2. The minimum absolute atomic E-state index is 0.123. The quantitative estimate of drug-likeness (QED) is 0.571. The van der Waals surface area contributed by atoms with E-state index in [0.717, 1.165) is 17.4 Å². The average molecular weight is 443 g/mol. The molecule has 0 radical (unpaired) electrons. The number of amides is 1. The molecule has 0 bridgehead atoms. The number of carbonyl (C=O) groups excluding carboxylic acids is 1. The molecule has 3 rings (SSSR count). The Kier molecular flexibility index (Phi) is 6.80. The standard InChI is InChI=1S/C23H23ClN2O3S/c1-17(19-7-4-3-5-8-19)25-23(27)20-13-11-18(12-14-20)16-26(30(2,28)29)22-10-6-9-21(24)15-22/h3-15,17H,16H2,1-2H3,(H,25,27)/t17-/m1/s1. The van der Waals surface area contributed by atoms with Crippen LogP contribution in [0.1, 0.15) is 34.5 Å². The van der Waals surface area contributed by atoms with Crippen LogP contribution in [0, 0.1) is 0 Å². The lowest BCUT2D eigenvalue weighted by atomic mass is 10.1. The lowest BCUT2D eigenvalue weighted by molar-refractivity contribution is 0.0940. The molecule has 0 fully saturated rings. The number of hydrogen-bond donors (Lipinski definition) is 1. The maximum absolute atomic E-state index is 12.5. The smallest absolute Gasteiger partial charge is 0.251 e. The van der Waals surface area contributed by atoms with Crippen LogP contribution >= 0.6 is 11.6 Å². The number of benzene rings is 3. The molecule has 0 heterocycles. The Morgan fingerprint density at radius 1 is 1.00 bits per heavy atom. The van der Waals surface area contributed by atoms with Gasteiger partial charge in [0.2, 0.25) is 10.0 Å². The summed E-state index contributed by atoms with van der Waals surface area (Å²) in [6.45, 7) is 2.07. The molecule has 1 amide bonds. The van der Waals surface area contributed by atoms with Gasteiger partial charge in [-0.05, 0) is 48.4 Å². The second kappa shape index (κ2) is 9.32. The van der Waals surface area contributed by atoms with Crippen molar-refractivity contribution in [2.45, 2.75) is 19.5 Å². The summed E-state index contributed by atoms with van der Waals surface area (Å²) in [5.74, 6) is -0.187. The van der Waals surface area contributed by atoms with Gasteiger partial charge in [0.15, 0.2) is 0 Å². The monoisotopic (exact) mass is 442 g/mol. The molecular formula is C23H23ClN2O3S. The Labute approximate surface area is 182 Å². The van der Waals surface area contributed by atoms with E-state index in [1.165, 1.54) is 4.31 Å². The predicted molar refractivity (Wildman–Crippen MR) is 121 cm³/mol. The van der Waals surface area contributed by atoms with Crippen LogP contribution in [0.2, 0.25) is 5.02 Å². The summed E-state index contributed by atoms with van der Waals surface area (Å²) in [5.41, 5.74) is 2.78. The van der Waals surface area contributed by atoms with E-state index in [1.54, 1.807) is 48.5 Å². The third kappa shape index (κ3) is 5.62. The van der Waals surface area contributed by atoms with Gasteiger partial charge in [0.05, 0.1) is 24.5 Å². The van der Waals surface area contributed by atoms with E-state index in [4.69, 9.17) is 11.6 Å². The SMILES string of the molecule is C[C@@H](NC(=O)c1ccc(CN(c2cccc(Cl)c2)S(C)(=O)=O)cc1)c1ccccc1. The molecule has 0 saturated carbocycles. The molecule has 1 N–H and O–H groups in total. The largest absolute Gasteiger partial charge is 0.346 e. The van der Waals surface area contributed by atoms with E-state index in [2.05, 4.69) is 5.32 Å². The Hall–Kier alpha value is -2.83. The van der Waals surface area contributed by atoms with Gasteiger partial charge in [-0.1, -0.05) is 60.1 Å². The second-order valence-corrected chi connectivity index (χ2v) is 9.40. The second-order valence-electron chi connectivity index (χ2n) is 7.05. The van der Waals surface area contributed by atoms with Crippen molar-refractivity contribution >= 4 is 33.2 Å². The van der Waals surface area contributed by atoms with Crippen LogP contribution in [0.25, 0.3) is 0 Å². The number of nitrogens with one attached hydrogen (secondary N) is 1. The van der Waals surface area contributed by atoms with Gasteiger partial charge in [0.25, 0.3) is 5.91 Å². The molecular weight excluding hydrogens is 420 g/mol. The van der Waals surface area contributed by atoms with Crippen molar-refractivity contribution in [2.75, 3.05) is 10.6 Å². The van der Waals surface area contributed by atoms with Gasteiger partial charge in [-0.15, -0.1) is 0 Å². The van der Waals surface area contributed by atoms with Crippen LogP contribution in [0.5, 0.6) is 0 Å². The molecule has 0 aromatic heterocycles. The Bertz CT molecular complexity index is 1120. The van der Waals surface area contributed by atoms with Crippen molar-refractivity contribution in [1.82, 2.24) is 5.32 Å². The van der Waals surface area contributed by atoms with E-state index in [1.807, 2.05) is 37.3 Å². The van der Waals surface area contributed by atoms with Gasteiger partial charge < -0.3 is 5.32 Å². The zero-order valence-corrected chi connectivity index (χ0v) is 18.3. The van der Waals surface area contributed by atoms with Gasteiger partial charge in [-0.3, -0.25) is 9.10 Å². The van der Waals surface area contributed by atoms with Gasteiger partial charge in [-0.25, -0.2) is 8.42 Å². The molecule has 0 aliphatic heterocycles. The third-order valence-corrected chi connectivity index (χ3v) is 6.06. The fourth-order valence-corrected chi connectivity index (χ4v) is 4.13. The van der Waals surface area contributed by atoms with Crippen molar-refractivity contribution in [3.8, 4) is 0 Å². The van der Waals surface area contributed by atoms with Crippen LogP contribution in [-0.4, -0.2) is 20.6 Å². The number of carbonyl (C=O) groups is 1. The molecule has 5 nitrogen and oxygen atoms in total. The highest BCUT2D eigenvalue weighted by Gasteiger charge is 2.18. The number of hydrogen-bond acceptors (Lipinski definition) is 3. The Morgan fingerprint density at radius 3 is 2.27 bits per heavy atom. The van der Waals surface area contributed by atoms with E-state index >= 15 is 0 Å². The highest BCUT2D eigenvalue weighted by Crippen LogP contribution is 2.24. The molecule has 0 spiro atoms. The summed E-state index contributed by atoms with van der Waals surface area (Å²) in [7, 11) is -3.51. The molecule has 3 aromatic rings. The number of anilines is 1. The lowest BCUT2D eigenvalue weighted by Crippen LogP contribution is -2.29. The molecule has 30 heavy (non-hydrogen) atoms. The van der Waals surface area contributed by atoms with Crippen LogP contribution < -0.4 is 9.62 Å². The van der Waals surface area contributed by atoms with Gasteiger partial charge in [-0.2, -0.15) is 0 Å². The zero-order chi connectivity index (χ0) is 21.7. The zero-order valence-electron chi connectivity index (χ0n) is 16.7. The molecule has 0 unspecified atom stereocenters. The molecule has 0 saturated heterocycles. The minimum Gasteiger partial charge on any atom is -0.346 e. The molecule has 7 heteroatoms. The van der Waals surface area contributed by atoms with Crippen molar-refractivity contribution in [2.24, 2.45) is 0 Å². The van der Waals surface area contributed by atoms with Gasteiger partial charge in [0, 0.05) is 10.6 Å². The first-order valence-electron chi connectivity index (χ1n) is 9.42. The fraction of sp³-hybridized carbons (Fsp3) is 0.174. The number of halogens is 1. The summed E-state index contributed by atoms with van der Waals surface area (Å²) in [4.78, 5) is 12.5. The molecule has 0 aliphatic rings. The van der Waals surface area contributed by atoms with Crippen molar-refractivity contribution < 1.29 is 13.2 Å². The number of nitrogens with zero attached hydrogens (tertiary/aromatic N) is 1. The maximum atomic E-state index is 12.5. The van der Waals surface area contributed by atoms with E-state index in [-0.39, 0.29) is 18.5 Å². The molecule has 156 valence electrons. The van der Waals surface area contributed by atoms with Gasteiger partial charge in [0.1, 0.15) is 0 Å². The van der Waals surface area contributed by atoms with Crippen LogP contribution in [0.3, 0.4) is 0 Å². The minimum atomic E-state index is -3.51. The van der Waals surface area contributed by atoms with E-state index < -0.39 is 10.0 Å². The fourth-order valence-electron chi connectivity index (χ4n) is 3.06. The molecule has 3 aromatic carbocycles. The molecule has 0 aliphatic carbocycles.